The van der Waals surface area contributed by atoms with E-state index in [2.05, 4.69) is 51.2 Å². The van der Waals surface area contributed by atoms with E-state index in [1.54, 1.807) is 21.0 Å². The molecule has 1 rings (SSSR count). The van der Waals surface area contributed by atoms with Gasteiger partial charge in [0.15, 0.2) is 0 Å². The van der Waals surface area contributed by atoms with Crippen LogP contribution in [-0.2, 0) is 20.7 Å². The molecular weight excluding hydrogens is 506 g/mol. The van der Waals surface area contributed by atoms with Gasteiger partial charge in [0.2, 0.25) is 11.8 Å². The molecule has 1 aromatic rings. The Labute approximate surface area is 242 Å². The average Bonchev–Trinajstić information content (AvgIpc) is 2.87. The highest BCUT2D eigenvalue weighted by Crippen LogP contribution is 2.31. The number of amides is 2. The molecule has 0 radical (unpaired) electrons. The summed E-state index contributed by atoms with van der Waals surface area (Å²) in [6.45, 7) is 17.4. The van der Waals surface area contributed by atoms with E-state index < -0.39 is 29.4 Å². The average molecular weight is 564 g/mol. The molecule has 1 aromatic carbocycles. The number of ether oxygens (including phenoxy) is 2. The van der Waals surface area contributed by atoms with E-state index >= 15 is 0 Å². The van der Waals surface area contributed by atoms with Gasteiger partial charge in [0, 0.05) is 38.6 Å². The molecule has 0 aliphatic rings. The van der Waals surface area contributed by atoms with Crippen molar-refractivity contribution in [2.24, 2.45) is 40.6 Å². The SMILES string of the molecule is COCCCOc1cc(C[C@@H](C[C@H](N)[C@@H](O)C[C@@H](C(=O)NCC(C)(C)C(N)=O)C(C)C)C(C)C)ccc1C(C)C. The van der Waals surface area contributed by atoms with Crippen LogP contribution in [-0.4, -0.2) is 55.9 Å². The van der Waals surface area contributed by atoms with Crippen LogP contribution in [0.25, 0.3) is 0 Å². The Bertz CT molecular complexity index is 916. The lowest BCUT2D eigenvalue weighted by atomic mass is 9.80. The molecule has 230 valence electrons. The second kappa shape index (κ2) is 16.9. The minimum atomic E-state index is -0.848. The van der Waals surface area contributed by atoms with Gasteiger partial charge >= 0.3 is 0 Å². The minimum Gasteiger partial charge on any atom is -0.493 e. The fraction of sp³-hybridized carbons (Fsp3) is 0.750. The molecule has 8 nitrogen and oxygen atoms in total. The predicted molar refractivity (Wildman–Crippen MR) is 162 cm³/mol. The van der Waals surface area contributed by atoms with E-state index in [1.165, 1.54) is 11.1 Å². The quantitative estimate of drug-likeness (QED) is 0.184. The summed E-state index contributed by atoms with van der Waals surface area (Å²) in [4.78, 5) is 24.6. The maximum absolute atomic E-state index is 13.0. The van der Waals surface area contributed by atoms with Gasteiger partial charge in [0.1, 0.15) is 5.75 Å². The third kappa shape index (κ3) is 11.8. The molecule has 4 atom stereocenters. The van der Waals surface area contributed by atoms with Gasteiger partial charge < -0.3 is 31.4 Å². The van der Waals surface area contributed by atoms with Crippen LogP contribution < -0.4 is 21.5 Å². The first-order valence-corrected chi connectivity index (χ1v) is 14.9. The Hall–Kier alpha value is -2.16. The smallest absolute Gasteiger partial charge is 0.224 e. The van der Waals surface area contributed by atoms with E-state index in [0.717, 1.165) is 18.6 Å². The van der Waals surface area contributed by atoms with Crippen LogP contribution >= 0.6 is 0 Å². The first kappa shape index (κ1) is 35.9. The van der Waals surface area contributed by atoms with Gasteiger partial charge in [0.05, 0.1) is 18.1 Å². The van der Waals surface area contributed by atoms with Crippen molar-refractivity contribution in [2.75, 3.05) is 26.9 Å². The molecule has 0 aliphatic heterocycles. The molecule has 0 bridgehead atoms. The van der Waals surface area contributed by atoms with E-state index in [0.29, 0.717) is 31.5 Å². The van der Waals surface area contributed by atoms with Gasteiger partial charge in [-0.25, -0.2) is 0 Å². The number of carbonyl (C=O) groups excluding carboxylic acids is 2. The first-order valence-electron chi connectivity index (χ1n) is 14.9. The number of hydrogen-bond donors (Lipinski definition) is 4. The molecule has 0 saturated heterocycles. The Morgan fingerprint density at radius 2 is 1.68 bits per heavy atom. The molecule has 2 amide bonds. The molecular formula is C32H57N3O5. The summed E-state index contributed by atoms with van der Waals surface area (Å²) in [5.74, 6) is 0.779. The highest BCUT2D eigenvalue weighted by Gasteiger charge is 2.32. The van der Waals surface area contributed by atoms with Gasteiger partial charge in [-0.15, -0.1) is 0 Å². The van der Waals surface area contributed by atoms with Gasteiger partial charge in [-0.2, -0.15) is 0 Å². The van der Waals surface area contributed by atoms with Crippen molar-refractivity contribution in [3.63, 3.8) is 0 Å². The highest BCUT2D eigenvalue weighted by molar-refractivity contribution is 5.83. The van der Waals surface area contributed by atoms with Gasteiger partial charge in [-0.1, -0.05) is 53.7 Å². The molecule has 0 heterocycles. The topological polar surface area (TPSA) is 137 Å². The summed E-state index contributed by atoms with van der Waals surface area (Å²) in [5.41, 5.74) is 13.5. The third-order valence-electron chi connectivity index (χ3n) is 7.97. The van der Waals surface area contributed by atoms with Crippen LogP contribution in [0.2, 0.25) is 0 Å². The Morgan fingerprint density at radius 1 is 1.02 bits per heavy atom. The van der Waals surface area contributed by atoms with Crippen molar-refractivity contribution >= 4 is 11.8 Å². The van der Waals surface area contributed by atoms with Crippen molar-refractivity contribution in [3.8, 4) is 5.75 Å². The lowest BCUT2D eigenvalue weighted by molar-refractivity contribution is -0.130. The van der Waals surface area contributed by atoms with E-state index in [4.69, 9.17) is 20.9 Å². The van der Waals surface area contributed by atoms with Crippen LogP contribution in [0, 0.1) is 29.1 Å². The minimum absolute atomic E-state index is 0.00113. The molecule has 0 unspecified atom stereocenters. The van der Waals surface area contributed by atoms with E-state index in [-0.39, 0.29) is 30.7 Å². The zero-order chi connectivity index (χ0) is 30.6. The van der Waals surface area contributed by atoms with Crippen LogP contribution in [0.1, 0.15) is 91.7 Å². The molecule has 0 saturated carbocycles. The molecule has 0 aromatic heterocycles. The van der Waals surface area contributed by atoms with Crippen molar-refractivity contribution in [1.29, 1.82) is 0 Å². The number of primary amides is 1. The zero-order valence-electron chi connectivity index (χ0n) is 26.5. The summed E-state index contributed by atoms with van der Waals surface area (Å²) < 4.78 is 11.3. The maximum Gasteiger partial charge on any atom is 0.224 e. The Kier molecular flexibility index (Phi) is 15.2. The van der Waals surface area contributed by atoms with Gasteiger partial charge in [-0.05, 0) is 74.0 Å². The number of nitrogens with one attached hydrogen (secondary N) is 1. The monoisotopic (exact) mass is 563 g/mol. The summed E-state index contributed by atoms with van der Waals surface area (Å²) in [7, 11) is 1.69. The Balaban J connectivity index is 2.92. The van der Waals surface area contributed by atoms with Crippen LogP contribution in [0.5, 0.6) is 5.75 Å². The van der Waals surface area contributed by atoms with Crippen molar-refractivity contribution in [1.82, 2.24) is 5.32 Å². The fourth-order valence-electron chi connectivity index (χ4n) is 4.74. The summed E-state index contributed by atoms with van der Waals surface area (Å²) in [5, 5.41) is 13.9. The third-order valence-corrected chi connectivity index (χ3v) is 7.97. The first-order chi connectivity index (χ1) is 18.6. The maximum atomic E-state index is 13.0. The number of aliphatic hydroxyl groups excluding tert-OH is 1. The summed E-state index contributed by atoms with van der Waals surface area (Å²) in [6, 6.07) is 6.00. The molecule has 6 N–H and O–H groups in total. The lowest BCUT2D eigenvalue weighted by Gasteiger charge is -2.30. The van der Waals surface area contributed by atoms with Crippen LogP contribution in [0.4, 0.5) is 0 Å². The molecule has 8 heteroatoms. The summed E-state index contributed by atoms with van der Waals surface area (Å²) in [6.07, 6.45) is 1.72. The summed E-state index contributed by atoms with van der Waals surface area (Å²) >= 11 is 0. The zero-order valence-corrected chi connectivity index (χ0v) is 26.5. The number of hydrogen-bond acceptors (Lipinski definition) is 6. The predicted octanol–water partition coefficient (Wildman–Crippen LogP) is 4.41. The van der Waals surface area contributed by atoms with Gasteiger partial charge in [0.25, 0.3) is 0 Å². The van der Waals surface area contributed by atoms with Crippen molar-refractivity contribution in [2.45, 2.75) is 99.1 Å². The fourth-order valence-corrected chi connectivity index (χ4v) is 4.74. The number of aliphatic hydroxyl groups is 1. The second-order valence-corrected chi connectivity index (χ2v) is 12.9. The van der Waals surface area contributed by atoms with Crippen LogP contribution in [0.3, 0.4) is 0 Å². The molecule has 0 spiro atoms. The molecule has 0 aliphatic carbocycles. The largest absolute Gasteiger partial charge is 0.493 e. The number of methoxy groups -OCH3 is 1. The normalized spacial score (nSPS) is 15.2. The highest BCUT2D eigenvalue weighted by atomic mass is 16.5. The van der Waals surface area contributed by atoms with E-state index in [9.17, 15) is 14.7 Å². The van der Waals surface area contributed by atoms with E-state index in [1.807, 2.05) is 13.8 Å². The number of carbonyl (C=O) groups is 2. The number of nitrogens with two attached hydrogens (primary N) is 2. The Morgan fingerprint density at radius 3 is 2.20 bits per heavy atom. The lowest BCUT2D eigenvalue weighted by Crippen LogP contribution is -2.46. The van der Waals surface area contributed by atoms with Crippen LogP contribution in [0.15, 0.2) is 18.2 Å². The van der Waals surface area contributed by atoms with Crippen molar-refractivity contribution in [3.05, 3.63) is 29.3 Å². The number of rotatable bonds is 19. The molecule has 0 fully saturated rings. The number of benzene rings is 1. The standard InChI is InChI=1S/C32H57N3O5/c1-20(2)24(15-23-11-12-25(21(3)4)29(16-23)40-14-10-13-39-9)17-27(33)28(36)18-26(22(5)6)30(37)35-19-32(7,8)31(34)38/h11-12,16,20-22,24,26-28,36H,10,13-15,17-19,33H2,1-9H3,(H2,34,38)(H,35,37)/t24-,26+,27-,28-/m0/s1. The second-order valence-electron chi connectivity index (χ2n) is 12.9. The van der Waals surface area contributed by atoms with Crippen molar-refractivity contribution < 1.29 is 24.2 Å². The molecule has 40 heavy (non-hydrogen) atoms. The van der Waals surface area contributed by atoms with Gasteiger partial charge in [-0.3, -0.25) is 9.59 Å².